The largest absolute Gasteiger partial charge is 0.395 e. The van der Waals surface area contributed by atoms with Gasteiger partial charge in [0, 0.05) is 12.6 Å². The van der Waals surface area contributed by atoms with Crippen LogP contribution in [0, 0.1) is 20.8 Å². The molecule has 1 aromatic carbocycles. The van der Waals surface area contributed by atoms with Gasteiger partial charge in [-0.15, -0.1) is 0 Å². The third kappa shape index (κ3) is 3.33. The lowest BCUT2D eigenvalue weighted by Crippen LogP contribution is -2.28. The summed E-state index contributed by atoms with van der Waals surface area (Å²) in [7, 11) is 0. The van der Waals surface area contributed by atoms with Crippen LogP contribution < -0.4 is 5.32 Å². The Balaban J connectivity index is 2.73. The van der Waals surface area contributed by atoms with Gasteiger partial charge in [-0.25, -0.2) is 0 Å². The average Bonchev–Trinajstić information content (AvgIpc) is 2.21. The van der Waals surface area contributed by atoms with Gasteiger partial charge in [-0.05, 0) is 49.9 Å². The van der Waals surface area contributed by atoms with E-state index in [0.717, 1.165) is 6.54 Å². The summed E-state index contributed by atoms with van der Waals surface area (Å²) in [4.78, 5) is 0. The van der Waals surface area contributed by atoms with E-state index in [4.69, 9.17) is 5.11 Å². The molecule has 2 nitrogen and oxygen atoms in total. The van der Waals surface area contributed by atoms with Gasteiger partial charge >= 0.3 is 0 Å². The van der Waals surface area contributed by atoms with Crippen molar-refractivity contribution in [2.45, 2.75) is 40.3 Å². The van der Waals surface area contributed by atoms with E-state index >= 15 is 0 Å². The van der Waals surface area contributed by atoms with Crippen molar-refractivity contribution in [3.05, 3.63) is 34.4 Å². The fourth-order valence-corrected chi connectivity index (χ4v) is 1.56. The second kappa shape index (κ2) is 5.29. The monoisotopic (exact) mass is 207 g/mol. The van der Waals surface area contributed by atoms with Gasteiger partial charge in [0.25, 0.3) is 0 Å². The summed E-state index contributed by atoms with van der Waals surface area (Å²) in [5, 5.41) is 12.2. The van der Waals surface area contributed by atoms with Crippen molar-refractivity contribution in [3.63, 3.8) is 0 Å². The molecule has 0 spiro atoms. The summed E-state index contributed by atoms with van der Waals surface area (Å²) in [5.41, 5.74) is 5.30. The number of nitrogens with one attached hydrogen (secondary N) is 1. The first-order valence-electron chi connectivity index (χ1n) is 5.45. The minimum atomic E-state index is 0.158. The third-order valence-electron chi connectivity index (χ3n) is 2.87. The van der Waals surface area contributed by atoms with Crippen molar-refractivity contribution in [1.82, 2.24) is 5.32 Å². The number of aliphatic hydroxyl groups is 1. The van der Waals surface area contributed by atoms with Crippen LogP contribution in [-0.2, 0) is 6.54 Å². The van der Waals surface area contributed by atoms with E-state index < -0.39 is 0 Å². The number of benzene rings is 1. The predicted octanol–water partition coefficient (Wildman–Crippen LogP) is 2.08. The standard InChI is InChI=1S/C13H21NO/c1-9-5-11(3)13(6-10(9)2)7-14-12(4)8-15/h5-6,12,14-15H,7-8H2,1-4H3. The maximum atomic E-state index is 8.92. The van der Waals surface area contributed by atoms with Crippen LogP contribution in [0.25, 0.3) is 0 Å². The summed E-state index contributed by atoms with van der Waals surface area (Å²) in [5.74, 6) is 0. The van der Waals surface area contributed by atoms with E-state index in [-0.39, 0.29) is 12.6 Å². The Hall–Kier alpha value is -0.860. The lowest BCUT2D eigenvalue weighted by atomic mass is 10.0. The van der Waals surface area contributed by atoms with E-state index in [0.29, 0.717) is 0 Å². The predicted molar refractivity (Wildman–Crippen MR) is 64.0 cm³/mol. The molecule has 0 aliphatic carbocycles. The van der Waals surface area contributed by atoms with Gasteiger partial charge in [-0.3, -0.25) is 0 Å². The van der Waals surface area contributed by atoms with Crippen LogP contribution in [0.3, 0.4) is 0 Å². The number of aliphatic hydroxyl groups excluding tert-OH is 1. The molecule has 0 saturated carbocycles. The summed E-state index contributed by atoms with van der Waals surface area (Å²) in [6, 6.07) is 4.60. The molecule has 84 valence electrons. The zero-order chi connectivity index (χ0) is 11.4. The van der Waals surface area contributed by atoms with Crippen LogP contribution in [0.1, 0.15) is 29.2 Å². The molecular weight excluding hydrogens is 186 g/mol. The fourth-order valence-electron chi connectivity index (χ4n) is 1.56. The molecule has 0 aromatic heterocycles. The van der Waals surface area contributed by atoms with Crippen molar-refractivity contribution in [2.24, 2.45) is 0 Å². The van der Waals surface area contributed by atoms with E-state index in [2.05, 4.69) is 38.2 Å². The number of hydrogen-bond donors (Lipinski definition) is 2. The van der Waals surface area contributed by atoms with Crippen LogP contribution >= 0.6 is 0 Å². The minimum Gasteiger partial charge on any atom is -0.395 e. The van der Waals surface area contributed by atoms with Crippen molar-refractivity contribution in [1.29, 1.82) is 0 Å². The molecule has 0 saturated heterocycles. The quantitative estimate of drug-likeness (QED) is 0.792. The van der Waals surface area contributed by atoms with Crippen molar-refractivity contribution in [3.8, 4) is 0 Å². The average molecular weight is 207 g/mol. The minimum absolute atomic E-state index is 0.158. The summed E-state index contributed by atoms with van der Waals surface area (Å²) in [6.07, 6.45) is 0. The highest BCUT2D eigenvalue weighted by Gasteiger charge is 2.03. The second-order valence-electron chi connectivity index (χ2n) is 4.33. The van der Waals surface area contributed by atoms with Gasteiger partial charge in [-0.2, -0.15) is 0 Å². The Morgan fingerprint density at radius 2 is 1.73 bits per heavy atom. The molecule has 15 heavy (non-hydrogen) atoms. The second-order valence-corrected chi connectivity index (χ2v) is 4.33. The SMILES string of the molecule is Cc1cc(C)c(CNC(C)CO)cc1C. The lowest BCUT2D eigenvalue weighted by molar-refractivity contribution is 0.251. The van der Waals surface area contributed by atoms with Gasteiger partial charge < -0.3 is 10.4 Å². The lowest BCUT2D eigenvalue weighted by Gasteiger charge is -2.14. The molecule has 0 amide bonds. The Morgan fingerprint density at radius 1 is 1.13 bits per heavy atom. The van der Waals surface area contributed by atoms with Gasteiger partial charge in [0.05, 0.1) is 6.61 Å². The first-order valence-corrected chi connectivity index (χ1v) is 5.45. The Labute approximate surface area is 92.3 Å². The number of rotatable bonds is 4. The molecule has 0 heterocycles. The molecule has 1 atom stereocenters. The van der Waals surface area contributed by atoms with E-state index in [1.165, 1.54) is 22.3 Å². The smallest absolute Gasteiger partial charge is 0.0582 e. The fraction of sp³-hybridized carbons (Fsp3) is 0.538. The summed E-state index contributed by atoms with van der Waals surface area (Å²) in [6.45, 7) is 9.39. The number of hydrogen-bond acceptors (Lipinski definition) is 2. The van der Waals surface area contributed by atoms with Crippen molar-refractivity contribution >= 4 is 0 Å². The maximum absolute atomic E-state index is 8.92. The van der Waals surface area contributed by atoms with Crippen LogP contribution in [0.5, 0.6) is 0 Å². The first-order chi connectivity index (χ1) is 7.04. The van der Waals surface area contributed by atoms with Crippen molar-refractivity contribution < 1.29 is 5.11 Å². The summed E-state index contributed by atoms with van der Waals surface area (Å²) >= 11 is 0. The first kappa shape index (κ1) is 12.2. The molecular formula is C13H21NO. The molecule has 0 fully saturated rings. The Morgan fingerprint density at radius 3 is 2.33 bits per heavy atom. The van der Waals surface area contributed by atoms with Crippen LogP contribution in [0.15, 0.2) is 12.1 Å². The third-order valence-corrected chi connectivity index (χ3v) is 2.87. The zero-order valence-electron chi connectivity index (χ0n) is 10.1. The highest BCUT2D eigenvalue weighted by Crippen LogP contribution is 2.15. The van der Waals surface area contributed by atoms with Crippen LogP contribution in [0.4, 0.5) is 0 Å². The number of aryl methyl sites for hydroxylation is 3. The highest BCUT2D eigenvalue weighted by molar-refractivity contribution is 5.36. The molecule has 0 bridgehead atoms. The molecule has 2 N–H and O–H groups in total. The normalized spacial score (nSPS) is 12.9. The maximum Gasteiger partial charge on any atom is 0.0582 e. The van der Waals surface area contributed by atoms with E-state index in [1.807, 2.05) is 6.92 Å². The molecule has 0 aliphatic heterocycles. The molecule has 1 rings (SSSR count). The van der Waals surface area contributed by atoms with E-state index in [9.17, 15) is 0 Å². The van der Waals surface area contributed by atoms with Crippen molar-refractivity contribution in [2.75, 3.05) is 6.61 Å². The highest BCUT2D eigenvalue weighted by atomic mass is 16.3. The van der Waals surface area contributed by atoms with Crippen LogP contribution in [-0.4, -0.2) is 17.8 Å². The van der Waals surface area contributed by atoms with Crippen LogP contribution in [0.2, 0.25) is 0 Å². The topological polar surface area (TPSA) is 32.3 Å². The molecule has 2 heteroatoms. The van der Waals surface area contributed by atoms with Gasteiger partial charge in [0.15, 0.2) is 0 Å². The molecule has 0 radical (unpaired) electrons. The Kier molecular flexibility index (Phi) is 4.30. The Bertz CT molecular complexity index is 334. The van der Waals surface area contributed by atoms with E-state index in [1.54, 1.807) is 0 Å². The van der Waals surface area contributed by atoms with Gasteiger partial charge in [0.1, 0.15) is 0 Å². The molecule has 1 unspecified atom stereocenters. The molecule has 0 aliphatic rings. The molecule has 1 aromatic rings. The summed E-state index contributed by atoms with van der Waals surface area (Å²) < 4.78 is 0. The van der Waals surface area contributed by atoms with Gasteiger partial charge in [0.2, 0.25) is 0 Å². The van der Waals surface area contributed by atoms with Gasteiger partial charge in [-0.1, -0.05) is 12.1 Å². The zero-order valence-corrected chi connectivity index (χ0v) is 10.1.